The van der Waals surface area contributed by atoms with Gasteiger partial charge in [0.2, 0.25) is 11.8 Å². The van der Waals surface area contributed by atoms with E-state index in [1.54, 1.807) is 16.8 Å². The van der Waals surface area contributed by atoms with Gasteiger partial charge in [-0.1, -0.05) is 38.1 Å². The van der Waals surface area contributed by atoms with Crippen LogP contribution in [-0.2, 0) is 28.2 Å². The molecular formula is C31H43N4O10PS. The first-order chi connectivity index (χ1) is 22.3. The van der Waals surface area contributed by atoms with Crippen molar-refractivity contribution in [3.63, 3.8) is 0 Å². The third-order valence-electron chi connectivity index (χ3n) is 7.73. The van der Waals surface area contributed by atoms with Crippen LogP contribution in [0.25, 0.3) is 10.4 Å². The Bertz CT molecular complexity index is 1520. The first kappa shape index (κ1) is 36.7. The number of carbonyl (C=O) groups is 2. The van der Waals surface area contributed by atoms with Crippen molar-refractivity contribution in [2.24, 2.45) is 5.92 Å². The van der Waals surface area contributed by atoms with E-state index >= 15 is 0 Å². The Morgan fingerprint density at radius 1 is 1.15 bits per heavy atom. The number of phosphoric acid groups is 1. The number of amides is 2. The van der Waals surface area contributed by atoms with Crippen molar-refractivity contribution >= 4 is 31.0 Å². The van der Waals surface area contributed by atoms with Crippen LogP contribution >= 0.6 is 19.2 Å². The number of nitrogens with one attached hydrogen (secondary N) is 1. The fraction of sp³-hybridized carbons (Fsp3) is 0.548. The van der Waals surface area contributed by atoms with Crippen LogP contribution in [0.2, 0.25) is 0 Å². The first-order valence-corrected chi connectivity index (χ1v) is 17.9. The van der Waals surface area contributed by atoms with Gasteiger partial charge in [-0.3, -0.25) is 14.1 Å². The van der Waals surface area contributed by atoms with E-state index in [1.807, 2.05) is 65.8 Å². The number of benzene rings is 1. The van der Waals surface area contributed by atoms with Gasteiger partial charge in [0, 0.05) is 32.2 Å². The molecule has 0 aliphatic carbocycles. The van der Waals surface area contributed by atoms with Gasteiger partial charge >= 0.3 is 7.82 Å². The number of aryl methyl sites for hydroxylation is 1. The number of thiazole rings is 1. The fourth-order valence-corrected chi connectivity index (χ4v) is 6.88. The number of likely N-dealkylation sites (tertiary alicyclic amines) is 1. The lowest BCUT2D eigenvalue weighted by Gasteiger charge is -2.29. The predicted molar refractivity (Wildman–Crippen MR) is 172 cm³/mol. The van der Waals surface area contributed by atoms with Crippen LogP contribution in [0, 0.1) is 12.8 Å². The van der Waals surface area contributed by atoms with E-state index in [2.05, 4.69) is 15.5 Å². The molecule has 1 saturated heterocycles. The van der Waals surface area contributed by atoms with Gasteiger partial charge in [-0.15, -0.1) is 11.3 Å². The Kier molecular flexibility index (Phi) is 12.7. The van der Waals surface area contributed by atoms with Crippen LogP contribution in [0.4, 0.5) is 0 Å². The monoisotopic (exact) mass is 694 g/mol. The molecule has 0 spiro atoms. The van der Waals surface area contributed by atoms with Crippen molar-refractivity contribution in [3.05, 3.63) is 52.9 Å². The molecule has 0 radical (unpaired) electrons. The molecule has 47 heavy (non-hydrogen) atoms. The highest BCUT2D eigenvalue weighted by atomic mass is 32.1. The van der Waals surface area contributed by atoms with Crippen LogP contribution in [0.15, 0.2) is 40.4 Å². The van der Waals surface area contributed by atoms with Crippen molar-refractivity contribution in [3.8, 4) is 16.3 Å². The Morgan fingerprint density at radius 2 is 1.83 bits per heavy atom. The topological polar surface area (TPSA) is 183 Å². The summed E-state index contributed by atoms with van der Waals surface area (Å²) in [5, 5.41) is 6.91. The molecule has 14 nitrogen and oxygen atoms in total. The van der Waals surface area contributed by atoms with Gasteiger partial charge in [-0.25, -0.2) is 9.55 Å². The molecular weight excluding hydrogens is 651 g/mol. The molecule has 3 heterocycles. The Balaban J connectivity index is 1.51. The lowest BCUT2D eigenvalue weighted by Crippen LogP contribution is -2.48. The number of hydrogen-bond donors (Lipinski definition) is 3. The van der Waals surface area contributed by atoms with Crippen molar-refractivity contribution in [2.75, 3.05) is 26.4 Å². The van der Waals surface area contributed by atoms with Crippen LogP contribution in [-0.4, -0.2) is 81.4 Å². The van der Waals surface area contributed by atoms with Crippen LogP contribution in [0.3, 0.4) is 0 Å². The van der Waals surface area contributed by atoms with E-state index in [1.165, 1.54) is 11.0 Å². The quantitative estimate of drug-likeness (QED) is 0.140. The van der Waals surface area contributed by atoms with Crippen LogP contribution < -0.4 is 10.1 Å². The number of ether oxygens (including phenoxy) is 3. The van der Waals surface area contributed by atoms with E-state index in [-0.39, 0.29) is 37.1 Å². The summed E-state index contributed by atoms with van der Waals surface area (Å²) in [6, 6.07) is 7.78. The molecule has 0 saturated carbocycles. The number of hydrogen-bond acceptors (Lipinski definition) is 11. The Morgan fingerprint density at radius 3 is 2.40 bits per heavy atom. The summed E-state index contributed by atoms with van der Waals surface area (Å²) >= 11 is 1.55. The maximum atomic E-state index is 14.1. The summed E-state index contributed by atoms with van der Waals surface area (Å²) in [5.74, 6) is -1.78. The zero-order valence-corrected chi connectivity index (χ0v) is 29.0. The zero-order chi connectivity index (χ0) is 34.3. The van der Waals surface area contributed by atoms with Gasteiger partial charge in [0.25, 0.3) is 5.88 Å². The molecule has 258 valence electrons. The van der Waals surface area contributed by atoms with Gasteiger partial charge in [0.1, 0.15) is 18.6 Å². The smallest absolute Gasteiger partial charge is 0.469 e. The zero-order valence-electron chi connectivity index (χ0n) is 27.3. The standard InChI is InChI=1S/C31H43N4O10PS/c1-7-41-27(42-8-2)16-43-26-14-25(44-34-26)28(18(3)4)31(37)35-15-23(45-46(38,39)40)13-24(35)30(36)33-19(5)21-9-11-22(12-10-21)29-20(6)32-17-47-29/h9-12,14,17-19,23-24,27-28H,7-8,13,15-16H2,1-6H3,(H,33,36)(H2,38,39,40)/t19-,23+,24-,28+/m0/s1. The number of rotatable bonds is 16. The number of nitrogens with zero attached hydrogens (tertiary/aromatic N) is 3. The third kappa shape index (κ3) is 9.69. The summed E-state index contributed by atoms with van der Waals surface area (Å²) in [6.45, 7) is 11.8. The summed E-state index contributed by atoms with van der Waals surface area (Å²) in [5.41, 5.74) is 4.59. The lowest BCUT2D eigenvalue weighted by molar-refractivity contribution is -0.153. The second-order valence-corrected chi connectivity index (χ2v) is 13.6. The predicted octanol–water partition coefficient (Wildman–Crippen LogP) is 4.58. The highest BCUT2D eigenvalue weighted by Crippen LogP contribution is 2.42. The molecule has 3 aromatic rings. The maximum absolute atomic E-state index is 14.1. The Labute approximate surface area is 278 Å². The summed E-state index contributed by atoms with van der Waals surface area (Å²) in [6.07, 6.45) is -1.78. The average Bonchev–Trinajstić information content (AvgIpc) is 3.75. The molecule has 4 rings (SSSR count). The molecule has 1 aliphatic heterocycles. The third-order valence-corrected chi connectivity index (χ3v) is 9.28. The molecule has 16 heteroatoms. The molecule has 0 unspecified atom stereocenters. The van der Waals surface area contributed by atoms with Crippen molar-refractivity contribution in [1.82, 2.24) is 20.4 Å². The van der Waals surface area contributed by atoms with E-state index < -0.39 is 50.0 Å². The van der Waals surface area contributed by atoms with Crippen LogP contribution in [0.5, 0.6) is 5.88 Å². The van der Waals surface area contributed by atoms with Gasteiger partial charge in [-0.05, 0) is 49.9 Å². The minimum Gasteiger partial charge on any atom is -0.470 e. The highest BCUT2D eigenvalue weighted by molar-refractivity contribution is 7.46. The normalized spacial score (nSPS) is 18.1. The molecule has 1 fully saturated rings. The van der Waals surface area contributed by atoms with Gasteiger partial charge in [0.15, 0.2) is 12.1 Å². The first-order valence-electron chi connectivity index (χ1n) is 15.5. The summed E-state index contributed by atoms with van der Waals surface area (Å²) in [4.78, 5) is 53.5. The minimum absolute atomic E-state index is 0.0511. The highest BCUT2D eigenvalue weighted by Gasteiger charge is 2.46. The molecule has 1 aliphatic rings. The number of carbonyl (C=O) groups excluding carboxylic acids is 2. The second kappa shape index (κ2) is 16.3. The largest absolute Gasteiger partial charge is 0.470 e. The minimum atomic E-state index is -4.90. The van der Waals surface area contributed by atoms with E-state index in [4.69, 9.17) is 23.3 Å². The number of aromatic nitrogens is 2. The lowest BCUT2D eigenvalue weighted by atomic mass is 9.91. The second-order valence-electron chi connectivity index (χ2n) is 11.5. The van der Waals surface area contributed by atoms with E-state index in [0.29, 0.717) is 13.2 Å². The van der Waals surface area contributed by atoms with Crippen molar-refractivity contribution in [1.29, 1.82) is 0 Å². The molecule has 0 bridgehead atoms. The van der Waals surface area contributed by atoms with Crippen molar-refractivity contribution in [2.45, 2.75) is 78.4 Å². The van der Waals surface area contributed by atoms with Gasteiger partial charge in [0.05, 0.1) is 28.2 Å². The maximum Gasteiger partial charge on any atom is 0.469 e. The van der Waals surface area contributed by atoms with E-state index in [9.17, 15) is 23.9 Å². The fourth-order valence-electron chi connectivity index (χ4n) is 5.53. The van der Waals surface area contributed by atoms with Crippen LogP contribution in [0.1, 0.15) is 70.0 Å². The average molecular weight is 695 g/mol. The Hall–Kier alpha value is -3.17. The molecule has 3 N–H and O–H groups in total. The summed E-state index contributed by atoms with van der Waals surface area (Å²) < 4.78 is 38.9. The number of phosphoric ester groups is 1. The SMILES string of the molecule is CCOC(COc1cc([C@H](C(=O)N2C[C@H](OP(=O)(O)O)C[C@H]2C(=O)N[C@@H](C)c2ccc(-c3scnc3C)cc2)C(C)C)on1)OCC. The van der Waals surface area contributed by atoms with Crippen molar-refractivity contribution < 1.29 is 47.2 Å². The summed E-state index contributed by atoms with van der Waals surface area (Å²) in [7, 11) is -4.90. The molecule has 1 aromatic carbocycles. The molecule has 4 atom stereocenters. The van der Waals surface area contributed by atoms with Gasteiger partial charge < -0.3 is 38.7 Å². The molecule has 2 amide bonds. The van der Waals surface area contributed by atoms with E-state index in [0.717, 1.165) is 21.7 Å². The molecule has 2 aromatic heterocycles. The van der Waals surface area contributed by atoms with Gasteiger partial charge in [-0.2, -0.15) is 0 Å².